The molecular formula is C26H23ClN4O3S2. The summed E-state index contributed by atoms with van der Waals surface area (Å²) in [4.78, 5) is 21.5. The van der Waals surface area contributed by atoms with Crippen molar-refractivity contribution in [3.8, 4) is 0 Å². The number of nitrogens with zero attached hydrogens (tertiary/aromatic N) is 3. The molecule has 1 amide bonds. The number of aromatic nitrogens is 2. The summed E-state index contributed by atoms with van der Waals surface area (Å²) in [6.45, 7) is 2.03. The van der Waals surface area contributed by atoms with Crippen LogP contribution in [0.3, 0.4) is 0 Å². The number of nitrogens with one attached hydrogen (secondary N) is 1. The van der Waals surface area contributed by atoms with Gasteiger partial charge in [-0.05, 0) is 48.9 Å². The van der Waals surface area contributed by atoms with Crippen molar-refractivity contribution in [1.82, 2.24) is 9.97 Å². The van der Waals surface area contributed by atoms with Crippen molar-refractivity contribution in [3.05, 3.63) is 107 Å². The zero-order valence-corrected chi connectivity index (χ0v) is 21.9. The van der Waals surface area contributed by atoms with Gasteiger partial charge in [0, 0.05) is 18.5 Å². The van der Waals surface area contributed by atoms with Crippen LogP contribution in [0.4, 0.5) is 11.4 Å². The van der Waals surface area contributed by atoms with E-state index in [-0.39, 0.29) is 15.6 Å². The van der Waals surface area contributed by atoms with Gasteiger partial charge in [0.2, 0.25) is 0 Å². The largest absolute Gasteiger partial charge is 0.321 e. The molecule has 0 atom stereocenters. The fourth-order valence-corrected chi connectivity index (χ4v) is 5.50. The molecule has 7 nitrogen and oxygen atoms in total. The van der Waals surface area contributed by atoms with E-state index < -0.39 is 15.9 Å². The molecule has 0 spiro atoms. The van der Waals surface area contributed by atoms with Gasteiger partial charge < -0.3 is 5.32 Å². The molecule has 10 heteroatoms. The average Bonchev–Trinajstić information content (AvgIpc) is 2.88. The summed E-state index contributed by atoms with van der Waals surface area (Å²) in [5.74, 6) is 0.134. The maximum Gasteiger partial charge on any atom is 0.275 e. The van der Waals surface area contributed by atoms with Gasteiger partial charge in [-0.2, -0.15) is 0 Å². The van der Waals surface area contributed by atoms with E-state index in [1.807, 2.05) is 31.2 Å². The molecule has 1 heterocycles. The van der Waals surface area contributed by atoms with Crippen molar-refractivity contribution < 1.29 is 13.2 Å². The molecule has 1 N–H and O–H groups in total. The molecule has 0 saturated carbocycles. The van der Waals surface area contributed by atoms with E-state index in [1.165, 1.54) is 53.6 Å². The second-order valence-corrected chi connectivity index (χ2v) is 11.2. The van der Waals surface area contributed by atoms with E-state index in [2.05, 4.69) is 21.4 Å². The lowest BCUT2D eigenvalue weighted by Gasteiger charge is -2.19. The lowest BCUT2D eigenvalue weighted by Crippen LogP contribution is -2.26. The molecule has 0 aliphatic heterocycles. The summed E-state index contributed by atoms with van der Waals surface area (Å²) >= 11 is 7.60. The lowest BCUT2D eigenvalue weighted by molar-refractivity contribution is 0.102. The Labute approximate surface area is 219 Å². The van der Waals surface area contributed by atoms with Crippen molar-refractivity contribution in [2.45, 2.75) is 22.7 Å². The minimum atomic E-state index is -3.76. The fraction of sp³-hybridized carbons (Fsp3) is 0.115. The first-order valence-electron chi connectivity index (χ1n) is 10.9. The van der Waals surface area contributed by atoms with Crippen LogP contribution in [0.25, 0.3) is 0 Å². The highest BCUT2D eigenvalue weighted by atomic mass is 35.5. The highest BCUT2D eigenvalue weighted by Crippen LogP contribution is 2.25. The number of hydrogen-bond acceptors (Lipinski definition) is 6. The highest BCUT2D eigenvalue weighted by molar-refractivity contribution is 7.98. The molecule has 0 aliphatic carbocycles. The number of amides is 1. The number of benzene rings is 3. The third-order valence-electron chi connectivity index (χ3n) is 5.28. The Morgan fingerprint density at radius 3 is 2.44 bits per heavy atom. The molecular weight excluding hydrogens is 516 g/mol. The van der Waals surface area contributed by atoms with Crippen LogP contribution < -0.4 is 9.62 Å². The van der Waals surface area contributed by atoms with Gasteiger partial charge in [-0.25, -0.2) is 18.4 Å². The first-order valence-corrected chi connectivity index (χ1v) is 13.7. The predicted octanol–water partition coefficient (Wildman–Crippen LogP) is 5.81. The summed E-state index contributed by atoms with van der Waals surface area (Å²) in [5.41, 5.74) is 3.28. The third kappa shape index (κ3) is 6.04. The van der Waals surface area contributed by atoms with Gasteiger partial charge in [-0.15, -0.1) is 0 Å². The number of thioether (sulfide) groups is 1. The minimum Gasteiger partial charge on any atom is -0.321 e. The van der Waals surface area contributed by atoms with Gasteiger partial charge >= 0.3 is 0 Å². The molecule has 0 radical (unpaired) electrons. The summed E-state index contributed by atoms with van der Waals surface area (Å²) in [5, 5.41) is 3.26. The quantitative estimate of drug-likeness (QED) is 0.225. The number of aryl methyl sites for hydroxylation is 1. The van der Waals surface area contributed by atoms with Crippen LogP contribution in [0.15, 0.2) is 95.1 Å². The van der Waals surface area contributed by atoms with Gasteiger partial charge in [-0.1, -0.05) is 71.4 Å². The summed E-state index contributed by atoms with van der Waals surface area (Å²) in [6, 6.07) is 22.8. The number of sulfonamides is 1. The SMILES string of the molecule is Cc1cccc(CSc2ncc(Cl)c(C(=O)Nc3ccc(S(=O)(=O)N(C)c4ccccc4)cc3)n2)c1. The minimum absolute atomic E-state index is 0.0407. The molecule has 0 unspecified atom stereocenters. The molecule has 1 aromatic heterocycles. The Hall–Kier alpha value is -3.40. The molecule has 184 valence electrons. The normalized spacial score (nSPS) is 11.2. The van der Waals surface area contributed by atoms with E-state index in [0.717, 1.165) is 11.1 Å². The number of halogens is 1. The summed E-state index contributed by atoms with van der Waals surface area (Å²) in [6.07, 6.45) is 1.40. The van der Waals surface area contributed by atoms with Crippen LogP contribution in [-0.2, 0) is 15.8 Å². The maximum absolute atomic E-state index is 13.0. The fourth-order valence-electron chi connectivity index (χ4n) is 3.36. The van der Waals surface area contributed by atoms with Crippen LogP contribution in [0.2, 0.25) is 5.02 Å². The molecule has 0 aliphatic rings. The predicted molar refractivity (Wildman–Crippen MR) is 144 cm³/mol. The van der Waals surface area contributed by atoms with Crippen LogP contribution >= 0.6 is 23.4 Å². The second kappa shape index (κ2) is 11.1. The Kier molecular flexibility index (Phi) is 7.93. The van der Waals surface area contributed by atoms with Gasteiger partial charge in [-0.3, -0.25) is 9.10 Å². The smallest absolute Gasteiger partial charge is 0.275 e. The van der Waals surface area contributed by atoms with E-state index >= 15 is 0 Å². The monoisotopic (exact) mass is 538 g/mol. The maximum atomic E-state index is 13.0. The van der Waals surface area contributed by atoms with Gasteiger partial charge in [0.25, 0.3) is 15.9 Å². The number of anilines is 2. The molecule has 0 bridgehead atoms. The topological polar surface area (TPSA) is 92.3 Å². The molecule has 0 saturated heterocycles. The molecule has 0 fully saturated rings. The first kappa shape index (κ1) is 25.7. The van der Waals surface area contributed by atoms with Crippen molar-refractivity contribution >= 4 is 50.7 Å². The van der Waals surface area contributed by atoms with E-state index in [0.29, 0.717) is 22.3 Å². The Morgan fingerprint density at radius 2 is 1.75 bits per heavy atom. The van der Waals surface area contributed by atoms with Gasteiger partial charge in [0.15, 0.2) is 10.9 Å². The standard InChI is InChI=1S/C26H23ClN4O3S2/c1-18-7-6-8-19(15-18)17-35-26-28-16-23(27)24(30-26)25(32)29-20-11-13-22(14-12-20)36(33,34)31(2)21-9-4-3-5-10-21/h3-16H,17H2,1-2H3,(H,29,32). The average molecular weight is 539 g/mol. The molecule has 4 rings (SSSR count). The number of rotatable bonds is 8. The Balaban J connectivity index is 1.45. The Morgan fingerprint density at radius 1 is 1.03 bits per heavy atom. The van der Waals surface area contributed by atoms with Crippen molar-refractivity contribution in [2.75, 3.05) is 16.7 Å². The van der Waals surface area contributed by atoms with Crippen LogP contribution in [0.1, 0.15) is 21.6 Å². The van der Waals surface area contributed by atoms with Crippen LogP contribution in [0.5, 0.6) is 0 Å². The molecule has 4 aromatic rings. The Bertz CT molecular complexity index is 1480. The van der Waals surface area contributed by atoms with E-state index in [1.54, 1.807) is 24.3 Å². The van der Waals surface area contributed by atoms with Gasteiger partial charge in [0.05, 0.1) is 21.8 Å². The first-order chi connectivity index (χ1) is 17.2. The second-order valence-electron chi connectivity index (χ2n) is 7.91. The van der Waals surface area contributed by atoms with E-state index in [9.17, 15) is 13.2 Å². The van der Waals surface area contributed by atoms with Crippen molar-refractivity contribution in [1.29, 1.82) is 0 Å². The zero-order valence-electron chi connectivity index (χ0n) is 19.6. The van der Waals surface area contributed by atoms with Crippen LogP contribution in [-0.4, -0.2) is 31.3 Å². The molecule has 3 aromatic carbocycles. The lowest BCUT2D eigenvalue weighted by atomic mass is 10.2. The summed E-state index contributed by atoms with van der Waals surface area (Å²) in [7, 11) is -2.27. The van der Waals surface area contributed by atoms with Gasteiger partial charge in [0.1, 0.15) is 0 Å². The number of para-hydroxylation sites is 1. The zero-order chi connectivity index (χ0) is 25.7. The van der Waals surface area contributed by atoms with Crippen molar-refractivity contribution in [3.63, 3.8) is 0 Å². The van der Waals surface area contributed by atoms with E-state index in [4.69, 9.17) is 11.6 Å². The summed E-state index contributed by atoms with van der Waals surface area (Å²) < 4.78 is 27.1. The van der Waals surface area contributed by atoms with Crippen molar-refractivity contribution in [2.24, 2.45) is 0 Å². The van der Waals surface area contributed by atoms with Crippen LogP contribution in [0, 0.1) is 6.92 Å². The number of carbonyl (C=O) groups is 1. The number of carbonyl (C=O) groups excluding carboxylic acids is 1. The third-order valence-corrected chi connectivity index (χ3v) is 8.29. The molecule has 36 heavy (non-hydrogen) atoms. The number of hydrogen-bond donors (Lipinski definition) is 1. The highest BCUT2D eigenvalue weighted by Gasteiger charge is 2.21.